The molecule has 1 aromatic heterocycles. The molecule has 0 radical (unpaired) electrons. The number of carbonyl (C=O) groups excluding carboxylic acids is 1. The monoisotopic (exact) mass is 431 g/mol. The minimum absolute atomic E-state index is 0.0727. The maximum Gasteiger partial charge on any atom is 0.348 e. The Hall–Kier alpha value is -2.72. The fraction of sp³-hybridized carbons (Fsp3) is 0.450. The van der Waals surface area contributed by atoms with Gasteiger partial charge in [0.15, 0.2) is 0 Å². The number of rotatable bonds is 8. The number of amides is 1. The fourth-order valence-electron chi connectivity index (χ4n) is 3.43. The Kier molecular flexibility index (Phi) is 7.22. The van der Waals surface area contributed by atoms with Crippen LogP contribution in [0.1, 0.15) is 24.1 Å². The van der Waals surface area contributed by atoms with Crippen LogP contribution in [0, 0.1) is 10.1 Å². The molecule has 9 nitrogen and oxygen atoms in total. The highest BCUT2D eigenvalue weighted by atomic mass is 32.2. The molecular formula is C20H25N5O4S. The third kappa shape index (κ3) is 5.45. The zero-order valence-electron chi connectivity index (χ0n) is 17.1. The smallest absolute Gasteiger partial charge is 0.325 e. The predicted molar refractivity (Wildman–Crippen MR) is 116 cm³/mol. The van der Waals surface area contributed by atoms with E-state index >= 15 is 0 Å². The topological polar surface area (TPSA) is 110 Å². The standard InChI is InChI=1S/C20H25N5O4S/c1-23(2)10-11-24-17-9-4-3-8-16(17)19(22-20(24)27)30-13-18(26)21-14-6-5-7-15(12-14)25(28)29/h5-7,12H,3-4,8-11,13H2,1-2H3,(H,21,26). The molecule has 3 rings (SSSR count). The number of hydrogen-bond donors (Lipinski definition) is 1. The van der Waals surface area contributed by atoms with Gasteiger partial charge in [-0.15, -0.1) is 0 Å². The number of nitrogens with zero attached hydrogens (tertiary/aromatic N) is 4. The van der Waals surface area contributed by atoms with Crippen molar-refractivity contribution in [2.45, 2.75) is 37.3 Å². The Labute approximate surface area is 178 Å². The van der Waals surface area contributed by atoms with Crippen LogP contribution in [-0.4, -0.2) is 51.7 Å². The molecule has 30 heavy (non-hydrogen) atoms. The molecule has 10 heteroatoms. The number of hydrogen-bond acceptors (Lipinski definition) is 7. The van der Waals surface area contributed by atoms with Gasteiger partial charge < -0.3 is 10.2 Å². The largest absolute Gasteiger partial charge is 0.348 e. The molecule has 1 aliphatic carbocycles. The normalized spacial score (nSPS) is 13.2. The van der Waals surface area contributed by atoms with Gasteiger partial charge >= 0.3 is 5.69 Å². The quantitative estimate of drug-likeness (QED) is 0.296. The molecule has 1 heterocycles. The number of anilines is 1. The number of thioether (sulfide) groups is 1. The van der Waals surface area contributed by atoms with Gasteiger partial charge in [0.05, 0.1) is 10.7 Å². The minimum atomic E-state index is -0.508. The van der Waals surface area contributed by atoms with Gasteiger partial charge in [-0.2, -0.15) is 4.98 Å². The van der Waals surface area contributed by atoms with E-state index in [4.69, 9.17) is 0 Å². The summed E-state index contributed by atoms with van der Waals surface area (Å²) in [5.74, 6) is -0.229. The van der Waals surface area contributed by atoms with E-state index in [0.717, 1.165) is 43.5 Å². The lowest BCUT2D eigenvalue weighted by atomic mass is 9.97. The van der Waals surface area contributed by atoms with Gasteiger partial charge in [-0.3, -0.25) is 19.5 Å². The van der Waals surface area contributed by atoms with Crippen molar-refractivity contribution in [2.24, 2.45) is 0 Å². The lowest BCUT2D eigenvalue weighted by molar-refractivity contribution is -0.384. The molecule has 1 amide bonds. The summed E-state index contributed by atoms with van der Waals surface area (Å²) < 4.78 is 1.77. The lowest BCUT2D eigenvalue weighted by Crippen LogP contribution is -2.33. The third-order valence-corrected chi connectivity index (χ3v) is 5.92. The molecular weight excluding hydrogens is 406 g/mol. The first kappa shape index (κ1) is 22.0. The molecule has 2 aromatic rings. The van der Waals surface area contributed by atoms with E-state index < -0.39 is 4.92 Å². The number of nitro groups is 1. The van der Waals surface area contributed by atoms with Crippen molar-refractivity contribution >= 4 is 29.0 Å². The summed E-state index contributed by atoms with van der Waals surface area (Å²) in [4.78, 5) is 41.6. The number of carbonyl (C=O) groups is 1. The fourth-order valence-corrected chi connectivity index (χ4v) is 4.30. The lowest BCUT2D eigenvalue weighted by Gasteiger charge is -2.23. The van der Waals surface area contributed by atoms with Crippen LogP contribution in [0.15, 0.2) is 34.1 Å². The van der Waals surface area contributed by atoms with E-state index in [1.165, 1.54) is 30.0 Å². The molecule has 1 aromatic carbocycles. The Balaban J connectivity index is 1.73. The number of aromatic nitrogens is 2. The van der Waals surface area contributed by atoms with Crippen LogP contribution in [0.2, 0.25) is 0 Å². The van der Waals surface area contributed by atoms with Gasteiger partial charge in [-0.05, 0) is 45.8 Å². The molecule has 0 spiro atoms. The van der Waals surface area contributed by atoms with Gasteiger partial charge in [-0.1, -0.05) is 17.8 Å². The molecule has 0 unspecified atom stereocenters. The maximum absolute atomic E-state index is 12.6. The van der Waals surface area contributed by atoms with Gasteiger partial charge in [0.1, 0.15) is 5.03 Å². The summed E-state index contributed by atoms with van der Waals surface area (Å²) in [6, 6.07) is 5.80. The Morgan fingerprint density at radius 2 is 2.10 bits per heavy atom. The van der Waals surface area contributed by atoms with Crippen LogP contribution >= 0.6 is 11.8 Å². The van der Waals surface area contributed by atoms with E-state index in [-0.39, 0.29) is 23.0 Å². The van der Waals surface area contributed by atoms with E-state index in [2.05, 4.69) is 10.3 Å². The molecule has 0 bridgehead atoms. The average Bonchev–Trinajstić information content (AvgIpc) is 2.71. The molecule has 160 valence electrons. The van der Waals surface area contributed by atoms with E-state index in [9.17, 15) is 19.7 Å². The molecule has 1 aliphatic rings. The Morgan fingerprint density at radius 1 is 1.33 bits per heavy atom. The predicted octanol–water partition coefficient (Wildman–Crippen LogP) is 2.32. The molecule has 0 fully saturated rings. The van der Waals surface area contributed by atoms with Crippen LogP contribution in [0.5, 0.6) is 0 Å². The number of benzene rings is 1. The van der Waals surface area contributed by atoms with Crippen molar-refractivity contribution in [2.75, 3.05) is 31.7 Å². The summed E-state index contributed by atoms with van der Waals surface area (Å²) in [7, 11) is 3.93. The van der Waals surface area contributed by atoms with Crippen molar-refractivity contribution in [3.8, 4) is 0 Å². The highest BCUT2D eigenvalue weighted by Crippen LogP contribution is 2.28. The molecule has 0 saturated carbocycles. The summed E-state index contributed by atoms with van der Waals surface area (Å²) in [5.41, 5.74) is 2.10. The zero-order chi connectivity index (χ0) is 21.7. The highest BCUT2D eigenvalue weighted by Gasteiger charge is 2.21. The molecule has 0 saturated heterocycles. The second-order valence-electron chi connectivity index (χ2n) is 7.43. The van der Waals surface area contributed by atoms with Gasteiger partial charge in [0.2, 0.25) is 5.91 Å². The second kappa shape index (κ2) is 9.86. The van der Waals surface area contributed by atoms with Gasteiger partial charge in [0, 0.05) is 42.2 Å². The number of likely N-dealkylation sites (N-methyl/N-ethyl adjacent to an activating group) is 1. The van der Waals surface area contributed by atoms with Crippen LogP contribution in [0.3, 0.4) is 0 Å². The molecule has 1 N–H and O–H groups in total. The molecule has 0 atom stereocenters. The van der Waals surface area contributed by atoms with E-state index in [1.807, 2.05) is 19.0 Å². The van der Waals surface area contributed by atoms with E-state index in [0.29, 0.717) is 17.3 Å². The number of non-ortho nitro benzene ring substituents is 1. The Bertz CT molecular complexity index is 1010. The highest BCUT2D eigenvalue weighted by molar-refractivity contribution is 8.00. The SMILES string of the molecule is CN(C)CCn1c2c(c(SCC(=O)Nc3cccc([N+](=O)[O-])c3)nc1=O)CCCC2. The average molecular weight is 432 g/mol. The molecule has 0 aliphatic heterocycles. The van der Waals surface area contributed by atoms with E-state index in [1.54, 1.807) is 10.6 Å². The minimum Gasteiger partial charge on any atom is -0.325 e. The van der Waals surface area contributed by atoms with Gasteiger partial charge in [0.25, 0.3) is 5.69 Å². The van der Waals surface area contributed by atoms with Crippen molar-refractivity contribution < 1.29 is 9.72 Å². The van der Waals surface area contributed by atoms with Crippen molar-refractivity contribution in [3.05, 3.63) is 56.1 Å². The van der Waals surface area contributed by atoms with Crippen LogP contribution in [0.25, 0.3) is 0 Å². The van der Waals surface area contributed by atoms with Crippen molar-refractivity contribution in [3.63, 3.8) is 0 Å². The number of nitrogens with one attached hydrogen (secondary N) is 1. The number of fused-ring (bicyclic) bond motifs is 1. The third-order valence-electron chi connectivity index (χ3n) is 4.90. The van der Waals surface area contributed by atoms with Crippen LogP contribution in [-0.2, 0) is 24.2 Å². The van der Waals surface area contributed by atoms with Gasteiger partial charge in [-0.25, -0.2) is 4.79 Å². The van der Waals surface area contributed by atoms with Crippen LogP contribution in [0.4, 0.5) is 11.4 Å². The van der Waals surface area contributed by atoms with Crippen molar-refractivity contribution in [1.82, 2.24) is 14.5 Å². The maximum atomic E-state index is 12.6. The summed E-state index contributed by atoms with van der Waals surface area (Å²) >= 11 is 1.24. The summed E-state index contributed by atoms with van der Waals surface area (Å²) in [5, 5.41) is 14.2. The first-order chi connectivity index (χ1) is 14.3. The zero-order valence-corrected chi connectivity index (χ0v) is 17.9. The Morgan fingerprint density at radius 3 is 2.83 bits per heavy atom. The van der Waals surface area contributed by atoms with Crippen LogP contribution < -0.4 is 11.0 Å². The van der Waals surface area contributed by atoms with Crippen molar-refractivity contribution in [1.29, 1.82) is 0 Å². The number of nitro benzene ring substituents is 1. The first-order valence-corrected chi connectivity index (χ1v) is 10.8. The first-order valence-electron chi connectivity index (χ1n) is 9.79. The second-order valence-corrected chi connectivity index (χ2v) is 8.40. The summed E-state index contributed by atoms with van der Waals surface area (Å²) in [6.07, 6.45) is 3.76. The summed E-state index contributed by atoms with van der Waals surface area (Å²) in [6.45, 7) is 1.35.